The number of rotatable bonds is 7. The summed E-state index contributed by atoms with van der Waals surface area (Å²) in [6, 6.07) is 4.96. The van der Waals surface area contributed by atoms with Crippen molar-refractivity contribution in [1.29, 1.82) is 0 Å². The molecule has 0 fully saturated rings. The van der Waals surface area contributed by atoms with Gasteiger partial charge in [-0.05, 0) is 29.2 Å². The molecule has 0 bridgehead atoms. The lowest BCUT2D eigenvalue weighted by molar-refractivity contribution is -0.394. The van der Waals surface area contributed by atoms with Crippen LogP contribution in [0.25, 0.3) is 0 Å². The maximum atomic E-state index is 12.4. The molecule has 0 unspecified atom stereocenters. The topological polar surface area (TPSA) is 175 Å². The van der Waals surface area contributed by atoms with Gasteiger partial charge in [0.25, 0.3) is 5.91 Å². The molecule has 152 valence electrons. The van der Waals surface area contributed by atoms with Crippen LogP contribution in [0.4, 0.5) is 11.6 Å². The molecule has 0 aliphatic rings. The maximum absolute atomic E-state index is 12.4. The Morgan fingerprint density at radius 3 is 2.69 bits per heavy atom. The van der Waals surface area contributed by atoms with Gasteiger partial charge in [-0.15, -0.1) is 0 Å². The van der Waals surface area contributed by atoms with Gasteiger partial charge in [-0.25, -0.2) is 13.1 Å². The molecule has 13 nitrogen and oxygen atoms in total. The molecule has 1 amide bonds. The minimum Gasteiger partial charge on any atom is -0.506 e. The van der Waals surface area contributed by atoms with E-state index in [0.29, 0.717) is 0 Å². The molecule has 0 saturated heterocycles. The van der Waals surface area contributed by atoms with Gasteiger partial charge >= 0.3 is 5.95 Å². The Morgan fingerprint density at radius 1 is 1.28 bits per heavy atom. The van der Waals surface area contributed by atoms with Gasteiger partial charge in [0.15, 0.2) is 22.2 Å². The Bertz CT molecular complexity index is 1180. The Morgan fingerprint density at radius 2 is 2.03 bits per heavy atom. The number of anilines is 1. The maximum Gasteiger partial charge on any atom is 0.491 e. The van der Waals surface area contributed by atoms with E-state index in [1.54, 1.807) is 0 Å². The highest BCUT2D eigenvalue weighted by Crippen LogP contribution is 2.27. The highest BCUT2D eigenvalue weighted by atomic mass is 32.2. The van der Waals surface area contributed by atoms with Crippen LogP contribution in [0.5, 0.6) is 5.75 Å². The van der Waals surface area contributed by atoms with Crippen LogP contribution in [-0.4, -0.2) is 54.7 Å². The lowest BCUT2D eigenvalue weighted by atomic mass is 10.3. The first-order valence-electron chi connectivity index (χ1n) is 8.14. The molecular weight excluding hydrogens is 406 g/mol. The number of carbonyl (C=O) groups excluding carboxylic acids is 1. The first kappa shape index (κ1) is 19.9. The normalized spacial score (nSPS) is 11.3. The van der Waals surface area contributed by atoms with E-state index in [1.807, 2.05) is 0 Å². The van der Waals surface area contributed by atoms with Crippen molar-refractivity contribution < 1.29 is 23.2 Å². The van der Waals surface area contributed by atoms with Crippen molar-refractivity contribution in [3.8, 4) is 5.75 Å². The lowest BCUT2D eigenvalue weighted by Crippen LogP contribution is -2.15. The van der Waals surface area contributed by atoms with Crippen molar-refractivity contribution in [2.24, 2.45) is 0 Å². The fraction of sp³-hybridized carbons (Fsp3) is 0.200. The molecule has 2 N–H and O–H groups in total. The molecule has 1 aromatic carbocycles. The van der Waals surface area contributed by atoms with Crippen molar-refractivity contribution in [1.82, 2.24) is 24.5 Å². The van der Waals surface area contributed by atoms with E-state index in [-0.39, 0.29) is 34.4 Å². The van der Waals surface area contributed by atoms with Crippen LogP contribution in [0.2, 0.25) is 0 Å². The Labute approximate surface area is 163 Å². The third-order valence-electron chi connectivity index (χ3n) is 3.81. The van der Waals surface area contributed by atoms with Crippen molar-refractivity contribution in [2.75, 3.05) is 11.1 Å². The molecule has 3 rings (SSSR count). The van der Waals surface area contributed by atoms with Crippen LogP contribution in [0.15, 0.2) is 41.7 Å². The number of benzene rings is 1. The van der Waals surface area contributed by atoms with Crippen LogP contribution >= 0.6 is 0 Å². The molecule has 14 heteroatoms. The number of aromatic nitrogens is 5. The van der Waals surface area contributed by atoms with E-state index in [9.17, 15) is 28.4 Å². The third kappa shape index (κ3) is 4.37. The average molecular weight is 421 g/mol. The zero-order valence-electron chi connectivity index (χ0n) is 15.0. The van der Waals surface area contributed by atoms with E-state index < -0.39 is 26.6 Å². The molecular formula is C15H15N7O6S. The van der Waals surface area contributed by atoms with E-state index in [4.69, 9.17) is 0 Å². The number of aromatic hydroxyl groups is 1. The van der Waals surface area contributed by atoms with Crippen molar-refractivity contribution in [3.63, 3.8) is 0 Å². The van der Waals surface area contributed by atoms with Gasteiger partial charge in [0.2, 0.25) is 6.33 Å². The van der Waals surface area contributed by atoms with E-state index in [1.165, 1.54) is 36.0 Å². The number of sulfone groups is 1. The standard InChI is InChI=1S/C15H15N7O6S/c1-2-29(27,28)10-3-4-13(23)12(7-10)17-14(24)11-5-6-20(18-11)9-21-8-16-15(19-21)22(25)26/h3-8,23H,2,9H2,1H3,(H,17,24). The number of amides is 1. The van der Waals surface area contributed by atoms with Crippen LogP contribution < -0.4 is 5.32 Å². The zero-order valence-corrected chi connectivity index (χ0v) is 15.8. The first-order chi connectivity index (χ1) is 13.7. The summed E-state index contributed by atoms with van der Waals surface area (Å²) in [6.07, 6.45) is 2.59. The number of phenols is 1. The predicted molar refractivity (Wildman–Crippen MR) is 98.1 cm³/mol. The summed E-state index contributed by atoms with van der Waals surface area (Å²) in [7, 11) is -3.52. The predicted octanol–water partition coefficient (Wildman–Crippen LogP) is 0.640. The minimum absolute atomic E-state index is 0.0242. The molecule has 0 atom stereocenters. The zero-order chi connectivity index (χ0) is 21.2. The molecule has 0 radical (unpaired) electrons. The highest BCUT2D eigenvalue weighted by Gasteiger charge is 2.18. The summed E-state index contributed by atoms with van der Waals surface area (Å²) in [5.74, 6) is -1.68. The number of hydrogen-bond donors (Lipinski definition) is 2. The SMILES string of the molecule is CCS(=O)(=O)c1ccc(O)c(NC(=O)c2ccn(Cn3cnc([N+](=O)[O-])n3)n2)c1. The van der Waals surface area contributed by atoms with Crippen LogP contribution in [0.1, 0.15) is 17.4 Å². The van der Waals surface area contributed by atoms with E-state index in [0.717, 1.165) is 17.1 Å². The van der Waals surface area contributed by atoms with Gasteiger partial charge in [0, 0.05) is 11.3 Å². The van der Waals surface area contributed by atoms with Crippen LogP contribution in [0, 0.1) is 10.1 Å². The summed E-state index contributed by atoms with van der Waals surface area (Å²) < 4.78 is 26.4. The van der Waals surface area contributed by atoms with Gasteiger partial charge in [-0.3, -0.25) is 4.79 Å². The monoisotopic (exact) mass is 421 g/mol. The van der Waals surface area contributed by atoms with Crippen LogP contribution in [-0.2, 0) is 16.5 Å². The van der Waals surface area contributed by atoms with Crippen LogP contribution in [0.3, 0.4) is 0 Å². The van der Waals surface area contributed by atoms with Crippen molar-refractivity contribution >= 4 is 27.4 Å². The molecule has 0 spiro atoms. The number of phenolic OH excluding ortho intramolecular Hbond substituents is 1. The quantitative estimate of drug-likeness (QED) is 0.315. The van der Waals surface area contributed by atoms with E-state index in [2.05, 4.69) is 20.5 Å². The second-order valence-corrected chi connectivity index (χ2v) is 8.04. The van der Waals surface area contributed by atoms with Gasteiger partial charge < -0.3 is 20.5 Å². The number of carbonyl (C=O) groups is 1. The fourth-order valence-electron chi connectivity index (χ4n) is 2.31. The van der Waals surface area contributed by atoms with Gasteiger partial charge in [0.1, 0.15) is 5.75 Å². The lowest BCUT2D eigenvalue weighted by Gasteiger charge is -2.08. The summed E-state index contributed by atoms with van der Waals surface area (Å²) >= 11 is 0. The molecule has 2 heterocycles. The minimum atomic E-state index is -3.52. The Balaban J connectivity index is 1.75. The first-order valence-corrected chi connectivity index (χ1v) is 9.79. The highest BCUT2D eigenvalue weighted by molar-refractivity contribution is 7.91. The smallest absolute Gasteiger partial charge is 0.491 e. The van der Waals surface area contributed by atoms with Gasteiger partial charge in [-0.2, -0.15) is 9.78 Å². The second kappa shape index (κ2) is 7.67. The molecule has 29 heavy (non-hydrogen) atoms. The van der Waals surface area contributed by atoms with Gasteiger partial charge in [-0.1, -0.05) is 11.9 Å². The van der Waals surface area contributed by atoms with Crippen molar-refractivity contribution in [2.45, 2.75) is 18.5 Å². The molecule has 3 aromatic rings. The number of nitro groups is 1. The Kier molecular flexibility index (Phi) is 5.27. The number of nitrogens with one attached hydrogen (secondary N) is 1. The molecule has 0 aliphatic carbocycles. The van der Waals surface area contributed by atoms with Gasteiger partial charge in [0.05, 0.1) is 16.3 Å². The third-order valence-corrected chi connectivity index (χ3v) is 5.54. The second-order valence-electron chi connectivity index (χ2n) is 5.76. The van der Waals surface area contributed by atoms with E-state index >= 15 is 0 Å². The molecule has 0 aliphatic heterocycles. The average Bonchev–Trinajstić information content (AvgIpc) is 3.33. The largest absolute Gasteiger partial charge is 0.506 e. The summed E-state index contributed by atoms with van der Waals surface area (Å²) in [5, 5.41) is 30.6. The summed E-state index contributed by atoms with van der Waals surface area (Å²) in [6.45, 7) is 1.46. The summed E-state index contributed by atoms with van der Waals surface area (Å²) in [4.78, 5) is 25.7. The molecule has 0 saturated carbocycles. The number of nitrogens with zero attached hydrogens (tertiary/aromatic N) is 6. The Hall–Kier alpha value is -3.81. The van der Waals surface area contributed by atoms with Crippen molar-refractivity contribution in [3.05, 3.63) is 52.6 Å². The fourth-order valence-corrected chi connectivity index (χ4v) is 3.21. The number of hydrogen-bond acceptors (Lipinski definition) is 9. The molecule has 2 aromatic heterocycles. The summed E-state index contributed by atoms with van der Waals surface area (Å²) in [5.41, 5.74) is -0.103.